The largest absolute Gasteiger partial charge is 0.378 e. The number of nitrogens with one attached hydrogen (secondary N) is 1. The number of fused-ring (bicyclic) bond motifs is 1. The number of hydrogen-bond acceptors (Lipinski definition) is 3. The minimum atomic E-state index is -1.09. The molecule has 1 heterocycles. The molecular formula is C13H15ClN2O2. The third-order valence-corrected chi connectivity index (χ3v) is 3.86. The monoisotopic (exact) mass is 266 g/mol. The first kappa shape index (κ1) is 11.8. The fourth-order valence-corrected chi connectivity index (χ4v) is 2.77. The van der Waals surface area contributed by atoms with E-state index in [0.29, 0.717) is 22.3 Å². The SMILES string of the molecule is CCN(c1cc2c(cc1Cl)C(O)C(=O)N2)C1CC1. The van der Waals surface area contributed by atoms with E-state index >= 15 is 0 Å². The van der Waals surface area contributed by atoms with Crippen molar-refractivity contribution >= 4 is 28.9 Å². The van der Waals surface area contributed by atoms with Gasteiger partial charge in [-0.1, -0.05) is 11.6 Å². The lowest BCUT2D eigenvalue weighted by molar-refractivity contribution is -0.123. The Balaban J connectivity index is 2.02. The second kappa shape index (κ2) is 4.14. The van der Waals surface area contributed by atoms with Crippen LogP contribution in [0.4, 0.5) is 11.4 Å². The summed E-state index contributed by atoms with van der Waals surface area (Å²) in [6, 6.07) is 4.13. The number of nitrogens with zero attached hydrogens (tertiary/aromatic N) is 1. The van der Waals surface area contributed by atoms with E-state index in [1.807, 2.05) is 6.07 Å². The van der Waals surface area contributed by atoms with Gasteiger partial charge in [-0.2, -0.15) is 0 Å². The second-order valence-electron chi connectivity index (χ2n) is 4.80. The van der Waals surface area contributed by atoms with Crippen molar-refractivity contribution in [3.8, 4) is 0 Å². The number of amides is 1. The molecule has 1 amide bonds. The molecule has 1 fully saturated rings. The fourth-order valence-electron chi connectivity index (χ4n) is 2.49. The maximum atomic E-state index is 11.4. The molecule has 1 saturated carbocycles. The molecule has 1 aromatic carbocycles. The van der Waals surface area contributed by atoms with Gasteiger partial charge in [0.25, 0.3) is 5.91 Å². The molecular weight excluding hydrogens is 252 g/mol. The predicted molar refractivity (Wildman–Crippen MR) is 71.1 cm³/mol. The molecule has 1 aromatic rings. The molecule has 1 atom stereocenters. The molecule has 1 aliphatic heterocycles. The highest BCUT2D eigenvalue weighted by molar-refractivity contribution is 6.33. The molecule has 4 nitrogen and oxygen atoms in total. The van der Waals surface area contributed by atoms with Crippen LogP contribution in [-0.4, -0.2) is 23.6 Å². The van der Waals surface area contributed by atoms with Crippen LogP contribution in [-0.2, 0) is 4.79 Å². The highest BCUT2D eigenvalue weighted by Gasteiger charge is 2.33. The standard InChI is InChI=1S/C13H15ClN2O2/c1-2-16(7-3-4-7)11-6-10-8(5-9(11)14)12(17)13(18)15-10/h5-7,12,17H,2-4H2,1H3,(H,15,18). The third-order valence-electron chi connectivity index (χ3n) is 3.56. The van der Waals surface area contributed by atoms with Crippen molar-refractivity contribution in [1.82, 2.24) is 0 Å². The van der Waals surface area contributed by atoms with Gasteiger partial charge in [-0.15, -0.1) is 0 Å². The van der Waals surface area contributed by atoms with E-state index < -0.39 is 6.10 Å². The maximum Gasteiger partial charge on any atom is 0.257 e. The van der Waals surface area contributed by atoms with Gasteiger partial charge in [-0.3, -0.25) is 4.79 Å². The summed E-state index contributed by atoms with van der Waals surface area (Å²) in [5, 5.41) is 13.0. The van der Waals surface area contributed by atoms with Crippen molar-refractivity contribution < 1.29 is 9.90 Å². The Kier molecular flexibility index (Phi) is 2.72. The van der Waals surface area contributed by atoms with Crippen molar-refractivity contribution in [2.45, 2.75) is 31.9 Å². The van der Waals surface area contributed by atoms with Gasteiger partial charge in [0.2, 0.25) is 0 Å². The molecule has 0 aromatic heterocycles. The number of anilines is 2. The van der Waals surface area contributed by atoms with Crippen molar-refractivity contribution in [3.63, 3.8) is 0 Å². The molecule has 5 heteroatoms. The van der Waals surface area contributed by atoms with Gasteiger partial charge in [0.05, 0.1) is 10.7 Å². The molecule has 0 bridgehead atoms. The first-order valence-corrected chi connectivity index (χ1v) is 6.58. The molecule has 1 aliphatic carbocycles. The Labute approximate surface area is 111 Å². The van der Waals surface area contributed by atoms with Gasteiger partial charge in [0.15, 0.2) is 6.10 Å². The summed E-state index contributed by atoms with van der Waals surface area (Å²) < 4.78 is 0. The fraction of sp³-hybridized carbons (Fsp3) is 0.462. The van der Waals surface area contributed by atoms with E-state index in [1.54, 1.807) is 6.07 Å². The summed E-state index contributed by atoms with van der Waals surface area (Å²) in [6.45, 7) is 2.98. The zero-order chi connectivity index (χ0) is 12.9. The molecule has 2 aliphatic rings. The molecule has 3 rings (SSSR count). The van der Waals surface area contributed by atoms with Crippen molar-refractivity contribution in [3.05, 3.63) is 22.7 Å². The Morgan fingerprint density at radius 2 is 2.22 bits per heavy atom. The summed E-state index contributed by atoms with van der Waals surface area (Å²) in [6.07, 6.45) is 1.29. The Morgan fingerprint density at radius 3 is 2.83 bits per heavy atom. The van der Waals surface area contributed by atoms with Crippen LogP contribution in [0.3, 0.4) is 0 Å². The number of hydrogen-bond donors (Lipinski definition) is 2. The quantitative estimate of drug-likeness (QED) is 0.883. The molecule has 0 saturated heterocycles. The number of aliphatic hydroxyl groups excluding tert-OH is 1. The minimum absolute atomic E-state index is 0.382. The lowest BCUT2D eigenvalue weighted by atomic mass is 10.1. The first-order valence-electron chi connectivity index (χ1n) is 6.20. The number of rotatable bonds is 3. The Hall–Kier alpha value is -1.26. The lowest BCUT2D eigenvalue weighted by Gasteiger charge is -2.24. The molecule has 96 valence electrons. The Bertz CT molecular complexity index is 514. The third kappa shape index (κ3) is 1.76. The lowest BCUT2D eigenvalue weighted by Crippen LogP contribution is -2.25. The van der Waals surface area contributed by atoms with Crippen LogP contribution in [0, 0.1) is 0 Å². The zero-order valence-electron chi connectivity index (χ0n) is 10.1. The molecule has 2 N–H and O–H groups in total. The van der Waals surface area contributed by atoms with Gasteiger partial charge in [0.1, 0.15) is 0 Å². The molecule has 1 unspecified atom stereocenters. The van der Waals surface area contributed by atoms with Crippen LogP contribution in [0.5, 0.6) is 0 Å². The summed E-state index contributed by atoms with van der Waals surface area (Å²) >= 11 is 6.27. The van der Waals surface area contributed by atoms with E-state index in [2.05, 4.69) is 17.1 Å². The zero-order valence-corrected chi connectivity index (χ0v) is 10.9. The summed E-state index contributed by atoms with van der Waals surface area (Å²) in [5.74, 6) is -0.382. The van der Waals surface area contributed by atoms with Gasteiger partial charge in [-0.25, -0.2) is 0 Å². The Morgan fingerprint density at radius 1 is 1.50 bits per heavy atom. The van der Waals surface area contributed by atoms with Crippen molar-refractivity contribution in [2.75, 3.05) is 16.8 Å². The number of carbonyl (C=O) groups excluding carboxylic acids is 1. The van der Waals surface area contributed by atoms with Crippen LogP contribution in [0.25, 0.3) is 0 Å². The smallest absolute Gasteiger partial charge is 0.257 e. The predicted octanol–water partition coefficient (Wildman–Crippen LogP) is 2.31. The number of halogens is 1. The summed E-state index contributed by atoms with van der Waals surface area (Å²) in [4.78, 5) is 13.7. The van der Waals surface area contributed by atoms with E-state index in [9.17, 15) is 9.90 Å². The molecule has 0 radical (unpaired) electrons. The van der Waals surface area contributed by atoms with Gasteiger partial charge in [-0.05, 0) is 31.9 Å². The minimum Gasteiger partial charge on any atom is -0.378 e. The van der Waals surface area contributed by atoms with Crippen LogP contribution >= 0.6 is 11.6 Å². The highest BCUT2D eigenvalue weighted by atomic mass is 35.5. The van der Waals surface area contributed by atoms with Gasteiger partial charge < -0.3 is 15.3 Å². The van der Waals surface area contributed by atoms with Crippen LogP contribution < -0.4 is 10.2 Å². The van der Waals surface area contributed by atoms with E-state index in [-0.39, 0.29) is 5.91 Å². The average molecular weight is 267 g/mol. The van der Waals surface area contributed by atoms with Crippen LogP contribution in [0.1, 0.15) is 31.4 Å². The van der Waals surface area contributed by atoms with E-state index in [0.717, 1.165) is 12.2 Å². The van der Waals surface area contributed by atoms with Crippen molar-refractivity contribution in [1.29, 1.82) is 0 Å². The highest BCUT2D eigenvalue weighted by Crippen LogP contribution is 2.41. The second-order valence-corrected chi connectivity index (χ2v) is 5.21. The number of carbonyl (C=O) groups is 1. The van der Waals surface area contributed by atoms with Crippen molar-refractivity contribution in [2.24, 2.45) is 0 Å². The van der Waals surface area contributed by atoms with E-state index in [1.165, 1.54) is 12.8 Å². The van der Waals surface area contributed by atoms with Crippen LogP contribution in [0.15, 0.2) is 12.1 Å². The maximum absolute atomic E-state index is 11.4. The summed E-state index contributed by atoms with van der Waals surface area (Å²) in [5.41, 5.74) is 2.18. The normalized spacial score (nSPS) is 21.7. The number of benzene rings is 1. The van der Waals surface area contributed by atoms with Gasteiger partial charge >= 0.3 is 0 Å². The first-order chi connectivity index (χ1) is 8.61. The number of aliphatic hydroxyl groups is 1. The average Bonchev–Trinajstić information content (AvgIpc) is 3.13. The molecule has 0 spiro atoms. The van der Waals surface area contributed by atoms with Gasteiger partial charge in [0, 0.05) is 23.8 Å². The van der Waals surface area contributed by atoms with Crippen LogP contribution in [0.2, 0.25) is 5.02 Å². The topological polar surface area (TPSA) is 52.6 Å². The molecule has 18 heavy (non-hydrogen) atoms. The van der Waals surface area contributed by atoms with E-state index in [4.69, 9.17) is 11.6 Å². The summed E-state index contributed by atoms with van der Waals surface area (Å²) in [7, 11) is 0.